The lowest BCUT2D eigenvalue weighted by molar-refractivity contribution is 0.115. The smallest absolute Gasteiger partial charge is 0.0897 e. The standard InChI is InChI=1S/C14H24N2OS/c1-12-15-13(11-18-12)10-16-8-4-3-6-14(16)7-5-9-17-2/h11,14H,3-10H2,1-2H3/t14-/m0/s1. The Morgan fingerprint density at radius 3 is 3.11 bits per heavy atom. The van der Waals surface area contributed by atoms with Gasteiger partial charge in [0.2, 0.25) is 0 Å². The quantitative estimate of drug-likeness (QED) is 0.741. The normalized spacial score (nSPS) is 21.3. The Balaban J connectivity index is 1.86. The number of nitrogens with zero attached hydrogens (tertiary/aromatic N) is 2. The number of hydrogen-bond acceptors (Lipinski definition) is 4. The Labute approximate surface area is 114 Å². The third-order valence-electron chi connectivity index (χ3n) is 3.67. The highest BCUT2D eigenvalue weighted by Gasteiger charge is 2.22. The molecule has 0 spiro atoms. The summed E-state index contributed by atoms with van der Waals surface area (Å²) in [7, 11) is 1.79. The summed E-state index contributed by atoms with van der Waals surface area (Å²) < 4.78 is 5.16. The molecule has 2 heterocycles. The van der Waals surface area contributed by atoms with Gasteiger partial charge in [-0.25, -0.2) is 4.98 Å². The van der Waals surface area contributed by atoms with E-state index in [1.165, 1.54) is 49.4 Å². The van der Waals surface area contributed by atoms with E-state index in [-0.39, 0.29) is 0 Å². The monoisotopic (exact) mass is 268 g/mol. The minimum absolute atomic E-state index is 0.732. The van der Waals surface area contributed by atoms with Crippen molar-refractivity contribution < 1.29 is 4.74 Å². The van der Waals surface area contributed by atoms with Crippen LogP contribution in [-0.2, 0) is 11.3 Å². The number of ether oxygens (including phenoxy) is 1. The number of likely N-dealkylation sites (tertiary alicyclic amines) is 1. The van der Waals surface area contributed by atoms with E-state index in [9.17, 15) is 0 Å². The van der Waals surface area contributed by atoms with Crippen LogP contribution in [0.4, 0.5) is 0 Å². The van der Waals surface area contributed by atoms with E-state index >= 15 is 0 Å². The molecule has 1 aliphatic heterocycles. The zero-order chi connectivity index (χ0) is 12.8. The summed E-state index contributed by atoms with van der Waals surface area (Å²) in [6.45, 7) is 5.23. The van der Waals surface area contributed by atoms with Crippen LogP contribution in [-0.4, -0.2) is 36.2 Å². The second-order valence-electron chi connectivity index (χ2n) is 5.11. The van der Waals surface area contributed by atoms with Gasteiger partial charge in [-0.1, -0.05) is 6.42 Å². The van der Waals surface area contributed by atoms with Gasteiger partial charge in [-0.3, -0.25) is 4.90 Å². The fourth-order valence-corrected chi connectivity index (χ4v) is 3.35. The van der Waals surface area contributed by atoms with Gasteiger partial charge in [-0.05, 0) is 39.2 Å². The van der Waals surface area contributed by atoms with Crippen LogP contribution < -0.4 is 0 Å². The van der Waals surface area contributed by atoms with Gasteiger partial charge < -0.3 is 4.74 Å². The van der Waals surface area contributed by atoms with E-state index in [4.69, 9.17) is 4.74 Å². The third-order valence-corrected chi connectivity index (χ3v) is 4.49. The molecule has 18 heavy (non-hydrogen) atoms. The van der Waals surface area contributed by atoms with E-state index < -0.39 is 0 Å². The molecule has 1 atom stereocenters. The minimum atomic E-state index is 0.732. The summed E-state index contributed by atoms with van der Waals surface area (Å²) in [6, 6.07) is 0.732. The largest absolute Gasteiger partial charge is 0.385 e. The van der Waals surface area contributed by atoms with E-state index in [1.807, 2.05) is 0 Å². The van der Waals surface area contributed by atoms with Crippen LogP contribution in [0.5, 0.6) is 0 Å². The highest BCUT2D eigenvalue weighted by Crippen LogP contribution is 2.23. The van der Waals surface area contributed by atoms with E-state index in [1.54, 1.807) is 18.4 Å². The molecule has 4 heteroatoms. The maximum atomic E-state index is 5.16. The molecule has 1 aromatic heterocycles. The van der Waals surface area contributed by atoms with Gasteiger partial charge in [-0.2, -0.15) is 0 Å². The lowest BCUT2D eigenvalue weighted by Crippen LogP contribution is -2.39. The molecule has 0 unspecified atom stereocenters. The first-order valence-electron chi connectivity index (χ1n) is 6.93. The molecule has 0 N–H and O–H groups in total. The van der Waals surface area contributed by atoms with Crippen LogP contribution in [0.15, 0.2) is 5.38 Å². The molecular weight excluding hydrogens is 244 g/mol. The molecule has 0 amide bonds. The first-order valence-corrected chi connectivity index (χ1v) is 7.81. The lowest BCUT2D eigenvalue weighted by atomic mass is 9.98. The van der Waals surface area contributed by atoms with Gasteiger partial charge in [0.05, 0.1) is 10.7 Å². The summed E-state index contributed by atoms with van der Waals surface area (Å²) in [5.41, 5.74) is 1.25. The molecule has 1 aliphatic rings. The van der Waals surface area contributed by atoms with Crippen molar-refractivity contribution in [3.05, 3.63) is 16.1 Å². The van der Waals surface area contributed by atoms with E-state index in [2.05, 4.69) is 22.2 Å². The number of piperidine rings is 1. The SMILES string of the molecule is COCCC[C@@H]1CCCCN1Cc1csc(C)n1. The molecule has 1 fully saturated rings. The Bertz CT molecular complexity index is 353. The highest BCUT2D eigenvalue weighted by atomic mass is 32.1. The molecule has 2 rings (SSSR count). The van der Waals surface area contributed by atoms with Gasteiger partial charge in [0.25, 0.3) is 0 Å². The Hall–Kier alpha value is -0.450. The number of aromatic nitrogens is 1. The number of thiazole rings is 1. The average molecular weight is 268 g/mol. The third kappa shape index (κ3) is 4.04. The summed E-state index contributed by atoms with van der Waals surface area (Å²) in [5.74, 6) is 0. The molecular formula is C14H24N2OS. The zero-order valence-corrected chi connectivity index (χ0v) is 12.3. The second kappa shape index (κ2) is 7.22. The highest BCUT2D eigenvalue weighted by molar-refractivity contribution is 7.09. The Kier molecular flexibility index (Phi) is 5.60. The number of rotatable bonds is 6. The van der Waals surface area contributed by atoms with Crippen molar-refractivity contribution in [2.24, 2.45) is 0 Å². The van der Waals surface area contributed by atoms with Crippen molar-refractivity contribution in [1.82, 2.24) is 9.88 Å². The van der Waals surface area contributed by atoms with Crippen molar-refractivity contribution in [2.45, 2.75) is 51.6 Å². The summed E-state index contributed by atoms with van der Waals surface area (Å²) in [5, 5.41) is 3.38. The van der Waals surface area contributed by atoms with Crippen LogP contribution in [0, 0.1) is 6.92 Å². The predicted octanol–water partition coefficient (Wildman–Crippen LogP) is 3.23. The van der Waals surface area contributed by atoms with Crippen LogP contribution >= 0.6 is 11.3 Å². The second-order valence-corrected chi connectivity index (χ2v) is 6.18. The van der Waals surface area contributed by atoms with Crippen LogP contribution in [0.25, 0.3) is 0 Å². The topological polar surface area (TPSA) is 25.4 Å². The Morgan fingerprint density at radius 2 is 2.39 bits per heavy atom. The van der Waals surface area contributed by atoms with Crippen LogP contribution in [0.1, 0.15) is 42.8 Å². The van der Waals surface area contributed by atoms with Crippen molar-refractivity contribution >= 4 is 11.3 Å². The zero-order valence-electron chi connectivity index (χ0n) is 11.5. The number of hydrogen-bond donors (Lipinski definition) is 0. The number of aryl methyl sites for hydroxylation is 1. The minimum Gasteiger partial charge on any atom is -0.385 e. The molecule has 0 aliphatic carbocycles. The summed E-state index contributed by atoms with van der Waals surface area (Å²) >= 11 is 1.76. The van der Waals surface area contributed by atoms with Gasteiger partial charge in [-0.15, -0.1) is 11.3 Å². The van der Waals surface area contributed by atoms with Gasteiger partial charge >= 0.3 is 0 Å². The van der Waals surface area contributed by atoms with Crippen LogP contribution in [0.2, 0.25) is 0 Å². The summed E-state index contributed by atoms with van der Waals surface area (Å²) in [6.07, 6.45) is 6.49. The molecule has 0 radical (unpaired) electrons. The molecule has 1 aromatic rings. The average Bonchev–Trinajstić information content (AvgIpc) is 2.77. The van der Waals surface area contributed by atoms with Gasteiger partial charge in [0.15, 0.2) is 0 Å². The first-order chi connectivity index (χ1) is 8.79. The van der Waals surface area contributed by atoms with Gasteiger partial charge in [0, 0.05) is 31.7 Å². The van der Waals surface area contributed by atoms with E-state index in [0.717, 1.165) is 19.2 Å². The van der Waals surface area contributed by atoms with Gasteiger partial charge in [0.1, 0.15) is 0 Å². The number of methoxy groups -OCH3 is 1. The van der Waals surface area contributed by atoms with Crippen LogP contribution in [0.3, 0.4) is 0 Å². The molecule has 1 saturated heterocycles. The molecule has 102 valence electrons. The van der Waals surface area contributed by atoms with E-state index in [0.29, 0.717) is 0 Å². The maximum Gasteiger partial charge on any atom is 0.0897 e. The predicted molar refractivity (Wildman–Crippen MR) is 76.0 cm³/mol. The van der Waals surface area contributed by atoms with Crippen molar-refractivity contribution in [3.63, 3.8) is 0 Å². The molecule has 3 nitrogen and oxygen atoms in total. The lowest BCUT2D eigenvalue weighted by Gasteiger charge is -2.35. The fraction of sp³-hybridized carbons (Fsp3) is 0.786. The maximum absolute atomic E-state index is 5.16. The van der Waals surface area contributed by atoms with Crippen molar-refractivity contribution in [2.75, 3.05) is 20.3 Å². The molecule has 0 bridgehead atoms. The first kappa shape index (κ1) is 14.0. The Morgan fingerprint density at radius 1 is 1.50 bits per heavy atom. The fourth-order valence-electron chi connectivity index (χ4n) is 2.75. The van der Waals surface area contributed by atoms with Crippen molar-refractivity contribution in [1.29, 1.82) is 0 Å². The molecule has 0 aromatic carbocycles. The van der Waals surface area contributed by atoms with Crippen molar-refractivity contribution in [3.8, 4) is 0 Å². The summed E-state index contributed by atoms with van der Waals surface area (Å²) in [4.78, 5) is 7.21. The molecule has 0 saturated carbocycles.